The molecule has 20 heteroatoms. The van der Waals surface area contributed by atoms with E-state index in [-0.39, 0.29) is 107 Å². The molecule has 0 spiro atoms. The second-order valence-electron chi connectivity index (χ2n) is 18.3. The van der Waals surface area contributed by atoms with Gasteiger partial charge in [0, 0.05) is 39.1 Å². The number of carbonyl (C=O) groups excluding carboxylic acids is 1. The average molecular weight is 1180 g/mol. The zero-order chi connectivity index (χ0) is 56.4. The van der Waals surface area contributed by atoms with Crippen molar-refractivity contribution in [3.05, 3.63) is 204 Å². The summed E-state index contributed by atoms with van der Waals surface area (Å²) in [4.78, 5) is 29.0. The Bertz CT molecular complexity index is 3900. The van der Waals surface area contributed by atoms with Crippen LogP contribution >= 0.6 is 15.9 Å². The number of carbonyl (C=O) groups is 2. The van der Waals surface area contributed by atoms with E-state index in [0.717, 1.165) is 5.56 Å². The van der Waals surface area contributed by atoms with E-state index in [1.165, 1.54) is 71.6 Å². The molecule has 9 rings (SSSR count). The molecule has 410 valence electrons. The minimum atomic E-state index is -4.36. The highest BCUT2D eigenvalue weighted by atomic mass is 79.9. The fraction of sp³-hybridized carbons (Fsp3) is 0.133. The number of fused-ring (bicyclic) bond motifs is 2. The van der Waals surface area contributed by atoms with Crippen molar-refractivity contribution in [3.63, 3.8) is 0 Å². The highest BCUT2D eigenvalue weighted by molar-refractivity contribution is 9.10. The van der Waals surface area contributed by atoms with Crippen LogP contribution in [0.3, 0.4) is 0 Å². The summed E-state index contributed by atoms with van der Waals surface area (Å²) in [6.45, 7) is -0.186. The standard InChI is InChI=1S/C60H52BrFN4O12S2/c61-43-19-26-48(27-20-43)80(74,75)63-53-36-55(59(70)51-14-8-7-13-49(51)53)65(33-34-77-45-11-5-2-6-12-45)32-30-58(69)78-46-23-28-50-52(35-46)60(71)56(66(31-29-57(67)68)39-76-38-40-9-3-1-4-10-40)37-54(50)64-79(72,73)47-24-17-42(18-25-47)41-15-21-44(62)22-16-41/h1-28,35-37,63-64,70-71H,29-34,38-39H2,(H,67,68). The summed E-state index contributed by atoms with van der Waals surface area (Å²) in [5, 5.41) is 34.7. The molecule has 0 saturated heterocycles. The van der Waals surface area contributed by atoms with Gasteiger partial charge in [0.1, 0.15) is 42.2 Å². The molecule has 0 heterocycles. The van der Waals surface area contributed by atoms with Gasteiger partial charge in [0.25, 0.3) is 20.0 Å². The molecule has 0 unspecified atom stereocenters. The fourth-order valence-corrected chi connectivity index (χ4v) is 11.2. The molecule has 9 aromatic carbocycles. The number of aliphatic carboxylic acids is 1. The Balaban J connectivity index is 1.03. The maximum atomic E-state index is 14.2. The average Bonchev–Trinajstić information content (AvgIpc) is 3.47. The maximum Gasteiger partial charge on any atom is 0.312 e. The molecular formula is C60H52BrFN4O12S2. The predicted octanol–water partition coefficient (Wildman–Crippen LogP) is 11.9. The molecule has 0 aliphatic carbocycles. The van der Waals surface area contributed by atoms with Crippen LogP contribution in [-0.2, 0) is 41.0 Å². The molecule has 0 amide bonds. The Morgan fingerprint density at radius 2 is 1.07 bits per heavy atom. The fourth-order valence-electron chi connectivity index (χ4n) is 8.81. The summed E-state index contributed by atoms with van der Waals surface area (Å²) in [7, 11) is -8.50. The second-order valence-corrected chi connectivity index (χ2v) is 22.6. The van der Waals surface area contributed by atoms with Crippen molar-refractivity contribution in [1.29, 1.82) is 0 Å². The number of para-hydroxylation sites is 1. The molecule has 0 saturated carbocycles. The molecule has 0 radical (unpaired) electrons. The summed E-state index contributed by atoms with van der Waals surface area (Å²) in [5.74, 6) is -2.38. The SMILES string of the molecule is O=C(O)CCN(COCc1ccccc1)c1cc(NS(=O)(=O)c2ccc(-c3ccc(F)cc3)cc2)c2ccc(OC(=O)CCN(CCOc3ccccc3)c3cc(NS(=O)(=O)c4ccc(Br)cc4)c4ccccc4c3O)cc2c1O. The Labute approximate surface area is 469 Å². The summed E-state index contributed by atoms with van der Waals surface area (Å²) in [6, 6.07) is 49.8. The number of hydrogen-bond acceptors (Lipinski definition) is 13. The monoisotopic (exact) mass is 1180 g/mol. The van der Waals surface area contributed by atoms with E-state index in [1.807, 2.05) is 48.5 Å². The first-order chi connectivity index (χ1) is 38.5. The lowest BCUT2D eigenvalue weighted by Crippen LogP contribution is -2.31. The van der Waals surface area contributed by atoms with Gasteiger partial charge >= 0.3 is 11.9 Å². The van der Waals surface area contributed by atoms with Gasteiger partial charge in [-0.2, -0.15) is 0 Å². The molecule has 0 aromatic heterocycles. The Hall–Kier alpha value is -8.69. The van der Waals surface area contributed by atoms with E-state index in [0.29, 0.717) is 32.1 Å². The molecule has 0 aliphatic heterocycles. The third kappa shape index (κ3) is 13.8. The number of ether oxygens (including phenoxy) is 3. The lowest BCUT2D eigenvalue weighted by atomic mass is 10.0. The van der Waals surface area contributed by atoms with Gasteiger partial charge in [0.2, 0.25) is 0 Å². The number of rotatable bonds is 24. The van der Waals surface area contributed by atoms with Gasteiger partial charge in [-0.25, -0.2) is 21.2 Å². The highest BCUT2D eigenvalue weighted by Gasteiger charge is 2.25. The van der Waals surface area contributed by atoms with E-state index in [2.05, 4.69) is 25.4 Å². The van der Waals surface area contributed by atoms with Gasteiger partial charge in [0.05, 0.1) is 58.5 Å². The first kappa shape index (κ1) is 56.0. The molecular weight excluding hydrogens is 1130 g/mol. The molecule has 16 nitrogen and oxygen atoms in total. The number of nitrogens with zero attached hydrogens (tertiary/aromatic N) is 2. The van der Waals surface area contributed by atoms with E-state index < -0.39 is 43.6 Å². The van der Waals surface area contributed by atoms with Crippen LogP contribution in [0.2, 0.25) is 0 Å². The van der Waals surface area contributed by atoms with Crippen molar-refractivity contribution in [1.82, 2.24) is 0 Å². The van der Waals surface area contributed by atoms with Gasteiger partial charge in [-0.1, -0.05) is 113 Å². The van der Waals surface area contributed by atoms with E-state index in [4.69, 9.17) is 14.2 Å². The third-order valence-electron chi connectivity index (χ3n) is 12.8. The normalized spacial score (nSPS) is 11.5. The van der Waals surface area contributed by atoms with Crippen LogP contribution < -0.4 is 28.7 Å². The van der Waals surface area contributed by atoms with Crippen molar-refractivity contribution in [3.8, 4) is 34.1 Å². The first-order valence-corrected chi connectivity index (χ1v) is 28.7. The number of benzene rings is 9. The molecule has 9 aromatic rings. The van der Waals surface area contributed by atoms with Crippen LogP contribution in [0.25, 0.3) is 32.7 Å². The summed E-state index contributed by atoms with van der Waals surface area (Å²) in [6.07, 6.45) is -0.686. The van der Waals surface area contributed by atoms with Crippen molar-refractivity contribution in [2.24, 2.45) is 0 Å². The number of halogens is 2. The van der Waals surface area contributed by atoms with Crippen LogP contribution in [-0.4, -0.2) is 77.1 Å². The van der Waals surface area contributed by atoms with Gasteiger partial charge in [-0.3, -0.25) is 19.0 Å². The quantitative estimate of drug-likeness (QED) is 0.0164. The van der Waals surface area contributed by atoms with E-state index in [9.17, 15) is 46.1 Å². The number of esters is 1. The van der Waals surface area contributed by atoms with Gasteiger partial charge in [-0.05, 0) is 108 Å². The number of carboxylic acids is 1. The molecule has 80 heavy (non-hydrogen) atoms. The lowest BCUT2D eigenvalue weighted by molar-refractivity contribution is -0.137. The number of phenolic OH excluding ortho intramolecular Hbond substituents is 2. The smallest absolute Gasteiger partial charge is 0.312 e. The summed E-state index contributed by atoms with van der Waals surface area (Å²) in [5.41, 5.74) is 2.45. The maximum absolute atomic E-state index is 14.2. The summed E-state index contributed by atoms with van der Waals surface area (Å²) >= 11 is 3.34. The topological polar surface area (TPSA) is 221 Å². The van der Waals surface area contributed by atoms with Gasteiger partial charge in [-0.15, -0.1) is 0 Å². The Morgan fingerprint density at radius 3 is 1.70 bits per heavy atom. The van der Waals surface area contributed by atoms with Crippen LogP contribution in [0.1, 0.15) is 18.4 Å². The minimum Gasteiger partial charge on any atom is -0.505 e. The van der Waals surface area contributed by atoms with Crippen molar-refractivity contribution in [2.75, 3.05) is 52.2 Å². The molecule has 0 atom stereocenters. The number of carboxylic acid groups (broad SMARTS) is 1. The van der Waals surface area contributed by atoms with Crippen LogP contribution in [0.15, 0.2) is 202 Å². The predicted molar refractivity (Wildman–Crippen MR) is 309 cm³/mol. The number of phenols is 2. The summed E-state index contributed by atoms with van der Waals surface area (Å²) < 4.78 is 93.5. The molecule has 0 bridgehead atoms. The number of nitrogens with one attached hydrogen (secondary N) is 2. The number of anilines is 4. The third-order valence-corrected chi connectivity index (χ3v) is 16.1. The molecule has 0 aliphatic rings. The Morgan fingerprint density at radius 1 is 0.550 bits per heavy atom. The van der Waals surface area contributed by atoms with Crippen LogP contribution in [0.5, 0.6) is 23.0 Å². The van der Waals surface area contributed by atoms with E-state index in [1.54, 1.807) is 77.7 Å². The zero-order valence-electron chi connectivity index (χ0n) is 42.5. The largest absolute Gasteiger partial charge is 0.505 e. The highest BCUT2D eigenvalue weighted by Crippen LogP contribution is 2.44. The Kier molecular flexibility index (Phi) is 17.5. The van der Waals surface area contributed by atoms with Crippen LogP contribution in [0.4, 0.5) is 27.1 Å². The number of aromatic hydroxyl groups is 2. The minimum absolute atomic E-state index is 0.000491. The lowest BCUT2D eigenvalue weighted by Gasteiger charge is -2.27. The van der Waals surface area contributed by atoms with Crippen molar-refractivity contribution < 1.29 is 60.3 Å². The molecule has 0 fully saturated rings. The molecule has 5 N–H and O–H groups in total. The van der Waals surface area contributed by atoms with E-state index >= 15 is 0 Å². The second kappa shape index (κ2) is 25.0. The van der Waals surface area contributed by atoms with Crippen molar-refractivity contribution >= 4 is 92.2 Å². The zero-order valence-corrected chi connectivity index (χ0v) is 45.8. The number of sulfonamides is 2. The van der Waals surface area contributed by atoms with Crippen molar-refractivity contribution in [2.45, 2.75) is 29.2 Å². The number of hydrogen-bond donors (Lipinski definition) is 5. The van der Waals surface area contributed by atoms with Crippen LogP contribution in [0, 0.1) is 5.82 Å². The van der Waals surface area contributed by atoms with Gasteiger partial charge in [0.15, 0.2) is 0 Å². The first-order valence-electron chi connectivity index (χ1n) is 24.9. The van der Waals surface area contributed by atoms with Gasteiger partial charge < -0.3 is 39.3 Å².